The van der Waals surface area contributed by atoms with Crippen LogP contribution in [-0.4, -0.2) is 16.7 Å². The number of hydrogen-bond donors (Lipinski definition) is 1. The van der Waals surface area contributed by atoms with Gasteiger partial charge in [-0.05, 0) is 25.1 Å². The molecule has 4 heteroatoms. The molecule has 0 unspecified atom stereocenters. The van der Waals surface area contributed by atoms with E-state index in [4.69, 9.17) is 5.26 Å². The van der Waals surface area contributed by atoms with Gasteiger partial charge in [0.25, 0.3) is 0 Å². The van der Waals surface area contributed by atoms with Crippen LogP contribution in [0.3, 0.4) is 0 Å². The van der Waals surface area contributed by atoms with Gasteiger partial charge in [0, 0.05) is 17.5 Å². The van der Waals surface area contributed by atoms with E-state index in [0.29, 0.717) is 5.56 Å². The van der Waals surface area contributed by atoms with Crippen LogP contribution in [0.4, 0.5) is 0 Å². The normalized spacial score (nSPS) is 18.2. The van der Waals surface area contributed by atoms with Gasteiger partial charge in [0.2, 0.25) is 0 Å². The Morgan fingerprint density at radius 1 is 1.29 bits per heavy atom. The molecule has 0 bridgehead atoms. The third-order valence-electron chi connectivity index (χ3n) is 3.01. The molecule has 3 rings (SSSR count). The highest BCUT2D eigenvalue weighted by atomic mass is 15.8. The fourth-order valence-electron chi connectivity index (χ4n) is 2.02. The van der Waals surface area contributed by atoms with E-state index >= 15 is 0 Å². The van der Waals surface area contributed by atoms with Gasteiger partial charge in [0.15, 0.2) is 0 Å². The van der Waals surface area contributed by atoms with Crippen molar-refractivity contribution < 1.29 is 0 Å². The van der Waals surface area contributed by atoms with Crippen molar-refractivity contribution >= 4 is 5.70 Å². The van der Waals surface area contributed by atoms with Gasteiger partial charge in [-0.3, -0.25) is 10.4 Å². The van der Waals surface area contributed by atoms with E-state index in [1.54, 1.807) is 0 Å². The van der Waals surface area contributed by atoms with Crippen molar-refractivity contribution in [2.75, 3.05) is 6.54 Å². The third kappa shape index (κ3) is 1.57. The summed E-state index contributed by atoms with van der Waals surface area (Å²) in [5, 5.41) is 12.9. The highest BCUT2D eigenvalue weighted by Crippen LogP contribution is 2.26. The summed E-state index contributed by atoms with van der Waals surface area (Å²) in [6, 6.07) is 9.70. The zero-order chi connectivity index (χ0) is 11.8. The van der Waals surface area contributed by atoms with Gasteiger partial charge >= 0.3 is 0 Å². The molecule has 0 fully saturated rings. The standard InChI is InChI=1S/C13H12N4/c1-10-6-7-17-15-13(9-16(10)17)12-4-2-11(8-14)3-5-12/h2-6,9,15H,7H2,1H3. The van der Waals surface area contributed by atoms with Crippen molar-refractivity contribution in [1.29, 1.82) is 5.26 Å². The molecule has 84 valence electrons. The average Bonchev–Trinajstić information content (AvgIpc) is 2.92. The Morgan fingerprint density at radius 2 is 2.06 bits per heavy atom. The minimum Gasteiger partial charge on any atom is -0.299 e. The largest absolute Gasteiger partial charge is 0.299 e. The highest BCUT2D eigenvalue weighted by Gasteiger charge is 2.26. The summed E-state index contributed by atoms with van der Waals surface area (Å²) in [4.78, 5) is 0. The Morgan fingerprint density at radius 3 is 2.71 bits per heavy atom. The molecular formula is C13H12N4. The molecule has 0 aliphatic carbocycles. The molecule has 0 amide bonds. The highest BCUT2D eigenvalue weighted by molar-refractivity contribution is 5.65. The summed E-state index contributed by atoms with van der Waals surface area (Å²) in [7, 11) is 0. The molecule has 0 aromatic heterocycles. The first-order chi connectivity index (χ1) is 8.28. The summed E-state index contributed by atoms with van der Waals surface area (Å²) in [6.07, 6.45) is 4.24. The first kappa shape index (κ1) is 9.94. The summed E-state index contributed by atoms with van der Waals surface area (Å²) < 4.78 is 0. The van der Waals surface area contributed by atoms with Crippen molar-refractivity contribution in [2.45, 2.75) is 6.92 Å². The summed E-state index contributed by atoms with van der Waals surface area (Å²) in [5.41, 5.74) is 7.38. The minimum atomic E-state index is 0.684. The van der Waals surface area contributed by atoms with E-state index in [0.717, 1.165) is 17.8 Å². The predicted octanol–water partition coefficient (Wildman–Crippen LogP) is 1.81. The van der Waals surface area contributed by atoms with Gasteiger partial charge < -0.3 is 0 Å². The smallest absolute Gasteiger partial charge is 0.0991 e. The van der Waals surface area contributed by atoms with Crippen molar-refractivity contribution in [3.05, 3.63) is 53.4 Å². The molecule has 2 aliphatic heterocycles. The number of rotatable bonds is 1. The van der Waals surface area contributed by atoms with Crippen molar-refractivity contribution in [3.8, 4) is 6.07 Å². The van der Waals surface area contributed by atoms with E-state index in [-0.39, 0.29) is 0 Å². The van der Waals surface area contributed by atoms with Crippen LogP contribution in [-0.2, 0) is 0 Å². The Labute approximate surface area is 100.0 Å². The van der Waals surface area contributed by atoms with E-state index in [1.807, 2.05) is 29.4 Å². The monoisotopic (exact) mass is 224 g/mol. The number of hydrazine groups is 2. The van der Waals surface area contributed by atoms with Gasteiger partial charge in [-0.25, -0.2) is 0 Å². The number of fused-ring (bicyclic) bond motifs is 1. The number of allylic oxidation sites excluding steroid dienone is 1. The van der Waals surface area contributed by atoms with Crippen LogP contribution < -0.4 is 5.43 Å². The maximum absolute atomic E-state index is 8.76. The quantitative estimate of drug-likeness (QED) is 0.790. The molecule has 0 atom stereocenters. The second kappa shape index (κ2) is 3.65. The van der Waals surface area contributed by atoms with Crippen LogP contribution in [0.5, 0.6) is 0 Å². The van der Waals surface area contributed by atoms with Crippen LogP contribution in [0.2, 0.25) is 0 Å². The van der Waals surface area contributed by atoms with Crippen LogP contribution in [0.15, 0.2) is 42.2 Å². The van der Waals surface area contributed by atoms with Gasteiger partial charge in [-0.15, -0.1) is 5.12 Å². The van der Waals surface area contributed by atoms with Crippen LogP contribution in [0.1, 0.15) is 18.1 Å². The first-order valence-electron chi connectivity index (χ1n) is 5.50. The van der Waals surface area contributed by atoms with Gasteiger partial charge in [-0.1, -0.05) is 12.1 Å². The lowest BCUT2D eigenvalue weighted by molar-refractivity contribution is 0.0765. The minimum absolute atomic E-state index is 0.684. The second-order valence-corrected chi connectivity index (χ2v) is 4.12. The number of nitrogens with one attached hydrogen (secondary N) is 1. The SMILES string of the molecule is CC1=CCN2NC(c3ccc(C#N)cc3)=CN12. The van der Waals surface area contributed by atoms with Crippen molar-refractivity contribution in [2.24, 2.45) is 0 Å². The number of nitrogens with zero attached hydrogens (tertiary/aromatic N) is 3. The lowest BCUT2D eigenvalue weighted by Gasteiger charge is -2.21. The Kier molecular flexibility index (Phi) is 2.13. The molecule has 17 heavy (non-hydrogen) atoms. The van der Waals surface area contributed by atoms with E-state index in [2.05, 4.69) is 35.7 Å². The van der Waals surface area contributed by atoms with Crippen LogP contribution in [0, 0.1) is 11.3 Å². The molecule has 1 N–H and O–H groups in total. The molecule has 2 heterocycles. The molecule has 1 aromatic rings. The molecule has 0 radical (unpaired) electrons. The van der Waals surface area contributed by atoms with Crippen LogP contribution in [0.25, 0.3) is 5.70 Å². The van der Waals surface area contributed by atoms with Crippen molar-refractivity contribution in [1.82, 2.24) is 15.6 Å². The van der Waals surface area contributed by atoms with E-state index in [1.165, 1.54) is 5.70 Å². The topological polar surface area (TPSA) is 42.3 Å². The van der Waals surface area contributed by atoms with Gasteiger partial charge in [0.05, 0.1) is 23.9 Å². The number of benzene rings is 1. The lowest BCUT2D eigenvalue weighted by atomic mass is 10.1. The maximum atomic E-state index is 8.76. The molecule has 0 saturated carbocycles. The van der Waals surface area contributed by atoms with E-state index < -0.39 is 0 Å². The summed E-state index contributed by atoms with van der Waals surface area (Å²) >= 11 is 0. The van der Waals surface area contributed by atoms with Gasteiger partial charge in [-0.2, -0.15) is 5.26 Å². The zero-order valence-electron chi connectivity index (χ0n) is 9.51. The molecule has 0 saturated heterocycles. The predicted molar refractivity (Wildman–Crippen MR) is 64.6 cm³/mol. The lowest BCUT2D eigenvalue weighted by Crippen LogP contribution is -2.36. The van der Waals surface area contributed by atoms with Crippen molar-refractivity contribution in [3.63, 3.8) is 0 Å². The average molecular weight is 224 g/mol. The Bertz CT molecular complexity index is 548. The molecular weight excluding hydrogens is 212 g/mol. The maximum Gasteiger partial charge on any atom is 0.0991 e. The van der Waals surface area contributed by atoms with E-state index in [9.17, 15) is 0 Å². The summed E-state index contributed by atoms with van der Waals surface area (Å²) in [6.45, 7) is 2.96. The molecule has 0 spiro atoms. The molecule has 4 nitrogen and oxygen atoms in total. The Balaban J connectivity index is 1.89. The third-order valence-corrected chi connectivity index (χ3v) is 3.01. The number of hydrogen-bond acceptors (Lipinski definition) is 4. The zero-order valence-corrected chi connectivity index (χ0v) is 9.51. The molecule has 1 aromatic carbocycles. The number of nitriles is 1. The molecule has 2 aliphatic rings. The fourth-order valence-corrected chi connectivity index (χ4v) is 2.02. The summed E-state index contributed by atoms with van der Waals surface area (Å²) in [5.74, 6) is 0. The van der Waals surface area contributed by atoms with Gasteiger partial charge in [0.1, 0.15) is 0 Å². The Hall–Kier alpha value is -2.25. The van der Waals surface area contributed by atoms with Crippen LogP contribution >= 0.6 is 0 Å². The fraction of sp³-hybridized carbons (Fsp3) is 0.154. The second-order valence-electron chi connectivity index (χ2n) is 4.12. The first-order valence-corrected chi connectivity index (χ1v) is 5.50.